The smallest absolute Gasteiger partial charge is 0.294 e. The van der Waals surface area contributed by atoms with Gasteiger partial charge in [0.1, 0.15) is 0 Å². The number of carbonyl (C=O) groups excluding carboxylic acids is 1. The normalized spacial score (nSPS) is 11.6. The van der Waals surface area contributed by atoms with Crippen LogP contribution in [-0.4, -0.2) is 18.9 Å². The highest BCUT2D eigenvalue weighted by Gasteiger charge is 2.12. The van der Waals surface area contributed by atoms with E-state index in [9.17, 15) is 17.8 Å². The molecule has 0 spiro atoms. The molecule has 3 aromatic carbocycles. The third kappa shape index (κ3) is 4.22. The Balaban J connectivity index is 1.93. The summed E-state index contributed by atoms with van der Waals surface area (Å²) in [5.41, 5.74) is 7.90. The first-order valence-corrected chi connectivity index (χ1v) is 9.47. The molecule has 0 aliphatic heterocycles. The number of azo groups is 1. The second-order valence-corrected chi connectivity index (χ2v) is 7.22. The quantitative estimate of drug-likeness (QED) is 0.257. The first-order chi connectivity index (χ1) is 13.3. The fraction of sp³-hybridized carbons (Fsp3) is 0. The lowest BCUT2D eigenvalue weighted by Crippen LogP contribution is -2.06. The molecule has 9 heteroatoms. The van der Waals surface area contributed by atoms with Gasteiger partial charge in [0.15, 0.2) is 0 Å². The number of amides is 1. The van der Waals surface area contributed by atoms with Crippen molar-refractivity contribution in [1.29, 1.82) is 0 Å². The summed E-state index contributed by atoms with van der Waals surface area (Å²) in [5.74, 6) is -0.313. The number of nitrogen functional groups attached to an aromatic ring is 1. The third-order valence-electron chi connectivity index (χ3n) is 3.89. The molecule has 0 aliphatic carbocycles. The van der Waals surface area contributed by atoms with Crippen molar-refractivity contribution in [2.75, 3.05) is 11.1 Å². The predicted octanol–water partition coefficient (Wildman–Crippen LogP) is 4.21. The standard InChI is InChI=1S/C19H16N4O4S/c1-2-19(24)21-12-3-5-13(6-4-12)22-23-18-10-9-17(20)16-11-14(28(25,26)27)7-8-15(16)18/h2-11H,1,20H2,(H,21,24)(H,25,26,27). The van der Waals surface area contributed by atoms with Gasteiger partial charge in [-0.1, -0.05) is 12.6 Å². The number of hydrogen-bond acceptors (Lipinski definition) is 6. The molecule has 0 atom stereocenters. The number of fused-ring (bicyclic) bond motifs is 1. The molecule has 0 bridgehead atoms. The Kier molecular flexibility index (Phi) is 5.21. The lowest BCUT2D eigenvalue weighted by atomic mass is 10.1. The fourth-order valence-corrected chi connectivity index (χ4v) is 3.00. The predicted molar refractivity (Wildman–Crippen MR) is 108 cm³/mol. The van der Waals surface area contributed by atoms with Crippen molar-refractivity contribution in [2.45, 2.75) is 4.90 Å². The lowest BCUT2D eigenvalue weighted by molar-refractivity contribution is -0.111. The van der Waals surface area contributed by atoms with Gasteiger partial charge in [0.05, 0.1) is 16.3 Å². The van der Waals surface area contributed by atoms with Crippen LogP contribution in [0.1, 0.15) is 0 Å². The van der Waals surface area contributed by atoms with Gasteiger partial charge in [-0.3, -0.25) is 9.35 Å². The summed E-state index contributed by atoms with van der Waals surface area (Å²) in [6, 6.07) is 14.0. The molecule has 0 unspecified atom stereocenters. The Labute approximate surface area is 161 Å². The Morgan fingerprint density at radius 1 is 1.04 bits per heavy atom. The molecular weight excluding hydrogens is 380 g/mol. The largest absolute Gasteiger partial charge is 0.398 e. The average molecular weight is 396 g/mol. The molecule has 0 aromatic heterocycles. The van der Waals surface area contributed by atoms with E-state index in [-0.39, 0.29) is 10.8 Å². The van der Waals surface area contributed by atoms with Crippen molar-refractivity contribution in [3.05, 3.63) is 67.3 Å². The van der Waals surface area contributed by atoms with Crippen LogP contribution in [0.5, 0.6) is 0 Å². The summed E-state index contributed by atoms with van der Waals surface area (Å²) >= 11 is 0. The summed E-state index contributed by atoms with van der Waals surface area (Å²) in [7, 11) is -4.34. The van der Waals surface area contributed by atoms with Gasteiger partial charge in [-0.15, -0.1) is 5.11 Å². The minimum atomic E-state index is -4.34. The monoisotopic (exact) mass is 396 g/mol. The number of benzene rings is 3. The van der Waals surface area contributed by atoms with E-state index in [1.54, 1.807) is 36.4 Å². The van der Waals surface area contributed by atoms with Gasteiger partial charge < -0.3 is 11.1 Å². The number of nitrogens with zero attached hydrogens (tertiary/aromatic N) is 2. The van der Waals surface area contributed by atoms with E-state index in [0.29, 0.717) is 33.5 Å². The van der Waals surface area contributed by atoms with Crippen molar-refractivity contribution in [2.24, 2.45) is 10.2 Å². The number of nitrogens with two attached hydrogens (primary N) is 1. The number of anilines is 2. The molecule has 28 heavy (non-hydrogen) atoms. The molecule has 8 nitrogen and oxygen atoms in total. The topological polar surface area (TPSA) is 134 Å². The van der Waals surface area contributed by atoms with Crippen LogP contribution in [0.25, 0.3) is 10.8 Å². The maximum atomic E-state index is 11.3. The first kappa shape index (κ1) is 19.2. The maximum absolute atomic E-state index is 11.3. The number of nitrogens with one attached hydrogen (secondary N) is 1. The van der Waals surface area contributed by atoms with Crippen LogP contribution < -0.4 is 11.1 Å². The zero-order valence-corrected chi connectivity index (χ0v) is 15.3. The Morgan fingerprint density at radius 3 is 2.39 bits per heavy atom. The van der Waals surface area contributed by atoms with Crippen LogP contribution in [-0.2, 0) is 14.9 Å². The van der Waals surface area contributed by atoms with Crippen LogP contribution in [0.3, 0.4) is 0 Å². The molecular formula is C19H16N4O4S. The van der Waals surface area contributed by atoms with E-state index < -0.39 is 10.1 Å². The molecule has 0 aliphatic rings. The van der Waals surface area contributed by atoms with E-state index in [2.05, 4.69) is 22.1 Å². The third-order valence-corrected chi connectivity index (χ3v) is 4.74. The van der Waals surface area contributed by atoms with Gasteiger partial charge in [-0.05, 0) is 54.6 Å². The maximum Gasteiger partial charge on any atom is 0.294 e. The zero-order chi connectivity index (χ0) is 20.3. The molecule has 0 radical (unpaired) electrons. The van der Waals surface area contributed by atoms with Gasteiger partial charge in [-0.25, -0.2) is 0 Å². The average Bonchev–Trinajstić information content (AvgIpc) is 2.67. The lowest BCUT2D eigenvalue weighted by Gasteiger charge is -2.06. The van der Waals surface area contributed by atoms with Crippen LogP contribution in [0, 0.1) is 0 Å². The molecule has 3 rings (SSSR count). The van der Waals surface area contributed by atoms with Gasteiger partial charge in [0, 0.05) is 22.1 Å². The highest BCUT2D eigenvalue weighted by atomic mass is 32.2. The van der Waals surface area contributed by atoms with Crippen LogP contribution in [0.4, 0.5) is 22.7 Å². The minimum absolute atomic E-state index is 0.252. The minimum Gasteiger partial charge on any atom is -0.398 e. The van der Waals surface area contributed by atoms with Crippen molar-refractivity contribution in [3.63, 3.8) is 0 Å². The van der Waals surface area contributed by atoms with Crippen molar-refractivity contribution in [1.82, 2.24) is 0 Å². The summed E-state index contributed by atoms with van der Waals surface area (Å²) in [6.45, 7) is 3.39. The fourth-order valence-electron chi connectivity index (χ4n) is 2.50. The van der Waals surface area contributed by atoms with Gasteiger partial charge in [-0.2, -0.15) is 13.5 Å². The molecule has 1 amide bonds. The number of rotatable bonds is 5. The SMILES string of the molecule is C=CC(=O)Nc1ccc(N=Nc2ccc(N)c3cc(S(=O)(=O)O)ccc23)cc1. The molecule has 142 valence electrons. The number of hydrogen-bond donors (Lipinski definition) is 3. The van der Waals surface area contributed by atoms with E-state index >= 15 is 0 Å². The first-order valence-electron chi connectivity index (χ1n) is 8.03. The Bertz CT molecular complexity index is 1200. The van der Waals surface area contributed by atoms with E-state index in [1.165, 1.54) is 24.3 Å². The van der Waals surface area contributed by atoms with Gasteiger partial charge >= 0.3 is 0 Å². The van der Waals surface area contributed by atoms with Crippen molar-refractivity contribution < 1.29 is 17.8 Å². The Hall–Kier alpha value is -3.56. The second kappa shape index (κ2) is 7.59. The second-order valence-electron chi connectivity index (χ2n) is 5.80. The summed E-state index contributed by atoms with van der Waals surface area (Å²) in [5, 5.41) is 12.0. The molecule has 3 aromatic rings. The van der Waals surface area contributed by atoms with E-state index in [1.807, 2.05) is 0 Å². The van der Waals surface area contributed by atoms with Gasteiger partial charge in [0.2, 0.25) is 5.91 Å². The summed E-state index contributed by atoms with van der Waals surface area (Å²) in [6.07, 6.45) is 1.17. The van der Waals surface area contributed by atoms with Crippen LogP contribution in [0.2, 0.25) is 0 Å². The summed E-state index contributed by atoms with van der Waals surface area (Å²) < 4.78 is 31.9. The zero-order valence-electron chi connectivity index (χ0n) is 14.5. The van der Waals surface area contributed by atoms with Crippen molar-refractivity contribution in [3.8, 4) is 0 Å². The highest BCUT2D eigenvalue weighted by Crippen LogP contribution is 2.33. The Morgan fingerprint density at radius 2 is 1.75 bits per heavy atom. The summed E-state index contributed by atoms with van der Waals surface area (Å²) in [4.78, 5) is 11.0. The van der Waals surface area contributed by atoms with Crippen molar-refractivity contribution >= 4 is 49.5 Å². The molecule has 0 fully saturated rings. The van der Waals surface area contributed by atoms with Crippen LogP contribution in [0.15, 0.2) is 82.4 Å². The highest BCUT2D eigenvalue weighted by molar-refractivity contribution is 7.85. The van der Waals surface area contributed by atoms with Crippen LogP contribution >= 0.6 is 0 Å². The van der Waals surface area contributed by atoms with Gasteiger partial charge in [0.25, 0.3) is 10.1 Å². The molecule has 0 saturated carbocycles. The number of carbonyl (C=O) groups is 1. The molecule has 0 saturated heterocycles. The van der Waals surface area contributed by atoms with E-state index in [0.717, 1.165) is 0 Å². The molecule has 4 N–H and O–H groups in total. The molecule has 0 heterocycles. The van der Waals surface area contributed by atoms with E-state index in [4.69, 9.17) is 5.73 Å².